The van der Waals surface area contributed by atoms with Crippen LogP contribution in [0, 0.1) is 0 Å². The number of rotatable bonds is 7. The standard InChI is InChI=1S/C15H24N2O5/c1-20-14-8-13(17-3-5-22-6-4-17)15(21-2)7-12(14)16-9-11(19)10-18/h7-8,11,16,18-19H,3-6,9-10H2,1-2H3. The molecule has 1 aliphatic rings. The van der Waals surface area contributed by atoms with E-state index in [1.807, 2.05) is 12.1 Å². The number of benzene rings is 1. The maximum Gasteiger partial charge on any atom is 0.144 e. The summed E-state index contributed by atoms with van der Waals surface area (Å²) in [5, 5.41) is 21.4. The van der Waals surface area contributed by atoms with Gasteiger partial charge in [-0.2, -0.15) is 0 Å². The molecule has 0 amide bonds. The topological polar surface area (TPSA) is 83.4 Å². The van der Waals surface area contributed by atoms with Crippen LogP contribution in [0.4, 0.5) is 11.4 Å². The number of nitrogens with zero attached hydrogens (tertiary/aromatic N) is 1. The Hall–Kier alpha value is -1.70. The van der Waals surface area contributed by atoms with E-state index < -0.39 is 6.10 Å². The Balaban J connectivity index is 2.24. The third kappa shape index (κ3) is 3.94. The van der Waals surface area contributed by atoms with E-state index in [-0.39, 0.29) is 13.2 Å². The number of aliphatic hydroxyl groups excluding tert-OH is 2. The molecule has 1 saturated heterocycles. The van der Waals surface area contributed by atoms with Crippen LogP contribution in [0.1, 0.15) is 0 Å². The molecule has 3 N–H and O–H groups in total. The predicted molar refractivity (Wildman–Crippen MR) is 84.2 cm³/mol. The van der Waals surface area contributed by atoms with E-state index in [2.05, 4.69) is 10.2 Å². The van der Waals surface area contributed by atoms with E-state index in [1.54, 1.807) is 14.2 Å². The number of nitrogens with one attached hydrogen (secondary N) is 1. The molecule has 1 fully saturated rings. The Morgan fingerprint density at radius 2 is 1.91 bits per heavy atom. The molecule has 0 radical (unpaired) electrons. The molecule has 0 saturated carbocycles. The monoisotopic (exact) mass is 312 g/mol. The Labute approximate surface area is 130 Å². The molecule has 0 aliphatic carbocycles. The molecule has 0 bridgehead atoms. The largest absolute Gasteiger partial charge is 0.495 e. The first-order valence-corrected chi connectivity index (χ1v) is 7.31. The lowest BCUT2D eigenvalue weighted by molar-refractivity contribution is 0.105. The van der Waals surface area contributed by atoms with Gasteiger partial charge in [-0.3, -0.25) is 0 Å². The molecule has 1 aromatic rings. The lowest BCUT2D eigenvalue weighted by Crippen LogP contribution is -2.36. The molecule has 0 aromatic heterocycles. The van der Waals surface area contributed by atoms with Gasteiger partial charge in [-0.25, -0.2) is 0 Å². The lowest BCUT2D eigenvalue weighted by Gasteiger charge is -2.30. The number of methoxy groups -OCH3 is 2. The van der Waals surface area contributed by atoms with Crippen molar-refractivity contribution in [2.45, 2.75) is 6.10 Å². The van der Waals surface area contributed by atoms with Crippen molar-refractivity contribution in [1.29, 1.82) is 0 Å². The van der Waals surface area contributed by atoms with Crippen LogP contribution in [-0.4, -0.2) is 70.0 Å². The molecule has 1 aliphatic heterocycles. The van der Waals surface area contributed by atoms with Crippen LogP contribution in [0.25, 0.3) is 0 Å². The predicted octanol–water partition coefficient (Wildman–Crippen LogP) is 0.305. The second-order valence-corrected chi connectivity index (χ2v) is 5.04. The molecule has 1 aromatic carbocycles. The number of ether oxygens (including phenoxy) is 3. The normalized spacial score (nSPS) is 16.3. The minimum Gasteiger partial charge on any atom is -0.495 e. The summed E-state index contributed by atoms with van der Waals surface area (Å²) in [5.41, 5.74) is 1.67. The van der Waals surface area contributed by atoms with E-state index in [0.717, 1.165) is 24.5 Å². The summed E-state index contributed by atoms with van der Waals surface area (Å²) in [5.74, 6) is 1.39. The van der Waals surface area contributed by atoms with Crippen molar-refractivity contribution < 1.29 is 24.4 Å². The summed E-state index contributed by atoms with van der Waals surface area (Å²) in [4.78, 5) is 2.19. The van der Waals surface area contributed by atoms with Gasteiger partial charge in [0, 0.05) is 31.8 Å². The zero-order valence-corrected chi connectivity index (χ0v) is 13.0. The zero-order chi connectivity index (χ0) is 15.9. The quantitative estimate of drug-likeness (QED) is 0.668. The summed E-state index contributed by atoms with van der Waals surface area (Å²) in [7, 11) is 3.22. The molecule has 2 rings (SSSR count). The Morgan fingerprint density at radius 3 is 2.50 bits per heavy atom. The summed E-state index contributed by atoms with van der Waals surface area (Å²) < 4.78 is 16.3. The van der Waals surface area contributed by atoms with Crippen molar-refractivity contribution in [3.8, 4) is 11.5 Å². The number of morpholine rings is 1. The minimum atomic E-state index is -0.824. The molecular formula is C15H24N2O5. The molecule has 0 spiro atoms. The van der Waals surface area contributed by atoms with Crippen LogP contribution in [0.3, 0.4) is 0 Å². The van der Waals surface area contributed by atoms with Crippen LogP contribution in [0.5, 0.6) is 11.5 Å². The first-order chi connectivity index (χ1) is 10.7. The fourth-order valence-electron chi connectivity index (χ4n) is 2.36. The average molecular weight is 312 g/mol. The van der Waals surface area contributed by atoms with Crippen LogP contribution >= 0.6 is 0 Å². The molecular weight excluding hydrogens is 288 g/mol. The third-order valence-corrected chi connectivity index (χ3v) is 3.59. The van der Waals surface area contributed by atoms with Crippen molar-refractivity contribution in [3.63, 3.8) is 0 Å². The van der Waals surface area contributed by atoms with Crippen molar-refractivity contribution >= 4 is 11.4 Å². The molecule has 1 heterocycles. The zero-order valence-electron chi connectivity index (χ0n) is 13.0. The summed E-state index contributed by atoms with van der Waals surface area (Å²) in [6.07, 6.45) is -0.824. The Morgan fingerprint density at radius 1 is 1.23 bits per heavy atom. The number of anilines is 2. The van der Waals surface area contributed by atoms with E-state index in [0.29, 0.717) is 24.7 Å². The second kappa shape index (κ2) is 8.07. The van der Waals surface area contributed by atoms with Crippen LogP contribution < -0.4 is 19.7 Å². The molecule has 22 heavy (non-hydrogen) atoms. The van der Waals surface area contributed by atoms with Crippen LogP contribution in [0.15, 0.2) is 12.1 Å². The lowest BCUT2D eigenvalue weighted by atomic mass is 10.2. The molecule has 124 valence electrons. The number of hydrogen-bond acceptors (Lipinski definition) is 7. The van der Waals surface area contributed by atoms with Gasteiger partial charge in [-0.15, -0.1) is 0 Å². The van der Waals surface area contributed by atoms with Gasteiger partial charge in [-0.05, 0) is 0 Å². The first-order valence-electron chi connectivity index (χ1n) is 7.31. The van der Waals surface area contributed by atoms with Gasteiger partial charge < -0.3 is 34.6 Å². The number of hydrogen-bond donors (Lipinski definition) is 3. The molecule has 7 nitrogen and oxygen atoms in total. The van der Waals surface area contributed by atoms with E-state index >= 15 is 0 Å². The highest BCUT2D eigenvalue weighted by Gasteiger charge is 2.19. The minimum absolute atomic E-state index is 0.229. The van der Waals surface area contributed by atoms with E-state index in [1.165, 1.54) is 0 Å². The fraction of sp³-hybridized carbons (Fsp3) is 0.600. The Bertz CT molecular complexity index is 477. The molecule has 7 heteroatoms. The SMILES string of the molecule is COc1cc(N2CCOCC2)c(OC)cc1NCC(O)CO. The van der Waals surface area contributed by atoms with Gasteiger partial charge in [0.05, 0.1) is 51.5 Å². The van der Waals surface area contributed by atoms with E-state index in [9.17, 15) is 5.11 Å². The van der Waals surface area contributed by atoms with Crippen LogP contribution in [-0.2, 0) is 4.74 Å². The first kappa shape index (κ1) is 16.7. The highest BCUT2D eigenvalue weighted by molar-refractivity contribution is 5.72. The van der Waals surface area contributed by atoms with Gasteiger partial charge in [0.25, 0.3) is 0 Å². The van der Waals surface area contributed by atoms with Crippen molar-refractivity contribution in [3.05, 3.63) is 12.1 Å². The van der Waals surface area contributed by atoms with Gasteiger partial charge in [0.15, 0.2) is 0 Å². The van der Waals surface area contributed by atoms with Gasteiger partial charge in [0.2, 0.25) is 0 Å². The highest BCUT2D eigenvalue weighted by Crippen LogP contribution is 2.38. The second-order valence-electron chi connectivity index (χ2n) is 5.04. The average Bonchev–Trinajstić information content (AvgIpc) is 2.59. The van der Waals surface area contributed by atoms with Crippen molar-refractivity contribution in [1.82, 2.24) is 0 Å². The van der Waals surface area contributed by atoms with Crippen molar-refractivity contribution in [2.24, 2.45) is 0 Å². The van der Waals surface area contributed by atoms with Crippen molar-refractivity contribution in [2.75, 3.05) is 63.9 Å². The van der Waals surface area contributed by atoms with Gasteiger partial charge in [0.1, 0.15) is 11.5 Å². The van der Waals surface area contributed by atoms with E-state index in [4.69, 9.17) is 19.3 Å². The fourth-order valence-corrected chi connectivity index (χ4v) is 2.36. The number of aliphatic hydroxyl groups is 2. The van der Waals surface area contributed by atoms with Gasteiger partial charge >= 0.3 is 0 Å². The van der Waals surface area contributed by atoms with Crippen LogP contribution in [0.2, 0.25) is 0 Å². The maximum atomic E-state index is 9.46. The Kier molecular flexibility index (Phi) is 6.11. The smallest absolute Gasteiger partial charge is 0.144 e. The maximum absolute atomic E-state index is 9.46. The summed E-state index contributed by atoms with van der Waals surface area (Å²) >= 11 is 0. The molecule has 1 unspecified atom stereocenters. The third-order valence-electron chi connectivity index (χ3n) is 3.59. The van der Waals surface area contributed by atoms with Gasteiger partial charge in [-0.1, -0.05) is 0 Å². The summed E-state index contributed by atoms with van der Waals surface area (Å²) in [6.45, 7) is 2.92. The summed E-state index contributed by atoms with van der Waals surface area (Å²) in [6, 6.07) is 3.76. The highest BCUT2D eigenvalue weighted by atomic mass is 16.5. The molecule has 1 atom stereocenters.